The molecule has 1 unspecified atom stereocenters. The van der Waals surface area contributed by atoms with Crippen LogP contribution < -0.4 is 10.6 Å². The molecule has 1 aromatic rings. The topological polar surface area (TPSA) is 127 Å². The molecule has 2 saturated heterocycles. The molecule has 3 amide bonds. The first-order valence-electron chi connectivity index (χ1n) is 8.57. The number of hydrogen-bond donors (Lipinski definition) is 4. The van der Waals surface area contributed by atoms with Crippen LogP contribution in [0.2, 0.25) is 0 Å². The number of piperidine rings is 1. The molecule has 1 aromatic heterocycles. The smallest absolute Gasteiger partial charge is 0.354 e. The number of likely N-dealkylation sites (tertiary alicyclic amines) is 1. The number of aromatic amines is 1. The first-order chi connectivity index (χ1) is 12.0. The highest BCUT2D eigenvalue weighted by molar-refractivity contribution is 6.07. The number of H-pyrrole nitrogens is 1. The van der Waals surface area contributed by atoms with Gasteiger partial charge < -0.3 is 10.4 Å². The van der Waals surface area contributed by atoms with Crippen molar-refractivity contribution in [2.24, 2.45) is 5.92 Å². The molecule has 25 heavy (non-hydrogen) atoms. The normalized spacial score (nSPS) is 25.0. The maximum atomic E-state index is 12.4. The number of hydrogen-bond acceptors (Lipinski definition) is 5. The van der Waals surface area contributed by atoms with E-state index in [0.717, 1.165) is 32.4 Å². The zero-order valence-electron chi connectivity index (χ0n) is 14.2. The molecule has 9 heteroatoms. The van der Waals surface area contributed by atoms with Gasteiger partial charge in [0.25, 0.3) is 5.91 Å². The molecule has 2 aliphatic rings. The molecule has 3 heterocycles. The molecule has 0 aromatic carbocycles. The first kappa shape index (κ1) is 17.4. The summed E-state index contributed by atoms with van der Waals surface area (Å²) in [6.45, 7) is 3.98. The SMILES string of the molecule is CCCC1(C2CCN(Cc3cn[nH]c3C(=O)O)CC2)NC(=O)NC1=O. The van der Waals surface area contributed by atoms with Crippen molar-refractivity contribution in [1.29, 1.82) is 0 Å². The van der Waals surface area contributed by atoms with Crippen LogP contribution in [0.4, 0.5) is 4.79 Å². The summed E-state index contributed by atoms with van der Waals surface area (Å²) in [6, 6.07) is -0.412. The predicted molar refractivity (Wildman–Crippen MR) is 87.9 cm³/mol. The van der Waals surface area contributed by atoms with Gasteiger partial charge >= 0.3 is 12.0 Å². The van der Waals surface area contributed by atoms with Gasteiger partial charge in [-0.2, -0.15) is 5.10 Å². The number of carboxylic acid groups (broad SMARTS) is 1. The van der Waals surface area contributed by atoms with Crippen LogP contribution in [-0.2, 0) is 11.3 Å². The summed E-state index contributed by atoms with van der Waals surface area (Å²) in [5.74, 6) is -1.16. The van der Waals surface area contributed by atoms with Crippen LogP contribution in [0.1, 0.15) is 48.7 Å². The Hall–Kier alpha value is -2.42. The van der Waals surface area contributed by atoms with E-state index in [2.05, 4.69) is 25.7 Å². The maximum absolute atomic E-state index is 12.4. The Kier molecular flexibility index (Phi) is 4.76. The van der Waals surface area contributed by atoms with Gasteiger partial charge in [0.15, 0.2) is 0 Å². The van der Waals surface area contributed by atoms with Gasteiger partial charge in [0.2, 0.25) is 0 Å². The van der Waals surface area contributed by atoms with Crippen LogP contribution in [-0.4, -0.2) is 56.7 Å². The van der Waals surface area contributed by atoms with E-state index in [0.29, 0.717) is 18.5 Å². The lowest BCUT2D eigenvalue weighted by Crippen LogP contribution is -2.55. The molecule has 0 bridgehead atoms. The molecule has 2 aliphatic heterocycles. The van der Waals surface area contributed by atoms with Crippen molar-refractivity contribution < 1.29 is 19.5 Å². The molecule has 9 nitrogen and oxygen atoms in total. The summed E-state index contributed by atoms with van der Waals surface area (Å²) < 4.78 is 0. The quantitative estimate of drug-likeness (QED) is 0.560. The van der Waals surface area contributed by atoms with E-state index in [9.17, 15) is 14.4 Å². The maximum Gasteiger partial charge on any atom is 0.354 e. The summed E-state index contributed by atoms with van der Waals surface area (Å²) in [7, 11) is 0. The molecule has 0 saturated carbocycles. The largest absolute Gasteiger partial charge is 0.477 e. The number of aromatic carboxylic acids is 1. The fourth-order valence-electron chi connectivity index (χ4n) is 4.01. The fourth-order valence-corrected chi connectivity index (χ4v) is 4.01. The number of imide groups is 1. The van der Waals surface area contributed by atoms with E-state index in [1.807, 2.05) is 6.92 Å². The number of urea groups is 1. The van der Waals surface area contributed by atoms with Crippen LogP contribution in [0.25, 0.3) is 0 Å². The van der Waals surface area contributed by atoms with E-state index in [4.69, 9.17) is 5.11 Å². The van der Waals surface area contributed by atoms with E-state index in [1.165, 1.54) is 0 Å². The summed E-state index contributed by atoms with van der Waals surface area (Å²) in [5.41, 5.74) is -0.0343. The van der Waals surface area contributed by atoms with E-state index in [-0.39, 0.29) is 17.5 Å². The lowest BCUT2D eigenvalue weighted by Gasteiger charge is -2.40. The Morgan fingerprint density at radius 3 is 2.68 bits per heavy atom. The van der Waals surface area contributed by atoms with Crippen molar-refractivity contribution in [3.8, 4) is 0 Å². The van der Waals surface area contributed by atoms with Crippen molar-refractivity contribution in [2.45, 2.75) is 44.7 Å². The Labute approximate surface area is 145 Å². The predicted octanol–water partition coefficient (Wildman–Crippen LogP) is 0.698. The van der Waals surface area contributed by atoms with Gasteiger partial charge in [-0.05, 0) is 38.3 Å². The lowest BCUT2D eigenvalue weighted by molar-refractivity contribution is -0.127. The number of nitrogens with one attached hydrogen (secondary N) is 3. The fraction of sp³-hybridized carbons (Fsp3) is 0.625. The van der Waals surface area contributed by atoms with Gasteiger partial charge in [-0.25, -0.2) is 9.59 Å². The second kappa shape index (κ2) is 6.83. The van der Waals surface area contributed by atoms with Crippen molar-refractivity contribution in [2.75, 3.05) is 13.1 Å². The van der Waals surface area contributed by atoms with Crippen molar-refractivity contribution in [1.82, 2.24) is 25.7 Å². The number of aromatic nitrogens is 2. The third kappa shape index (κ3) is 3.23. The minimum absolute atomic E-state index is 0.0819. The van der Waals surface area contributed by atoms with E-state index in [1.54, 1.807) is 6.20 Å². The molecule has 1 atom stereocenters. The summed E-state index contributed by atoms with van der Waals surface area (Å²) >= 11 is 0. The molecule has 3 rings (SSSR count). The van der Waals surface area contributed by atoms with Crippen LogP contribution in [0.5, 0.6) is 0 Å². The van der Waals surface area contributed by atoms with Gasteiger partial charge in [0, 0.05) is 12.1 Å². The minimum atomic E-state index is -1.02. The van der Waals surface area contributed by atoms with E-state index < -0.39 is 17.5 Å². The van der Waals surface area contributed by atoms with Gasteiger partial charge in [-0.1, -0.05) is 13.3 Å². The Morgan fingerprint density at radius 2 is 2.12 bits per heavy atom. The van der Waals surface area contributed by atoms with Crippen molar-refractivity contribution >= 4 is 17.9 Å². The average Bonchev–Trinajstić information content (AvgIpc) is 3.13. The van der Waals surface area contributed by atoms with Crippen LogP contribution in [0.3, 0.4) is 0 Å². The van der Waals surface area contributed by atoms with Crippen molar-refractivity contribution in [3.63, 3.8) is 0 Å². The summed E-state index contributed by atoms with van der Waals surface area (Å²) in [4.78, 5) is 37.3. The second-order valence-corrected chi connectivity index (χ2v) is 6.76. The third-order valence-electron chi connectivity index (χ3n) is 5.22. The van der Waals surface area contributed by atoms with Gasteiger partial charge in [-0.15, -0.1) is 0 Å². The number of carbonyl (C=O) groups excluding carboxylic acids is 2. The molecule has 0 spiro atoms. The van der Waals surface area contributed by atoms with Crippen LogP contribution in [0, 0.1) is 5.92 Å². The van der Waals surface area contributed by atoms with Gasteiger partial charge in [0.1, 0.15) is 11.2 Å². The van der Waals surface area contributed by atoms with Crippen molar-refractivity contribution in [3.05, 3.63) is 17.5 Å². The van der Waals surface area contributed by atoms with E-state index >= 15 is 0 Å². The number of nitrogens with zero attached hydrogens (tertiary/aromatic N) is 2. The van der Waals surface area contributed by atoms with Crippen LogP contribution >= 0.6 is 0 Å². The molecule has 2 fully saturated rings. The second-order valence-electron chi connectivity index (χ2n) is 6.76. The Bertz CT molecular complexity index is 680. The lowest BCUT2D eigenvalue weighted by atomic mass is 9.75. The minimum Gasteiger partial charge on any atom is -0.477 e. The zero-order chi connectivity index (χ0) is 18.0. The number of carbonyl (C=O) groups is 3. The molecule has 0 aliphatic carbocycles. The molecular formula is C16H23N5O4. The number of rotatable bonds is 6. The molecular weight excluding hydrogens is 326 g/mol. The standard InChI is InChI=1S/C16H23N5O4/c1-2-5-16(14(24)18-15(25)19-16)11-3-6-21(7-4-11)9-10-8-17-20-12(10)13(22)23/h8,11H,2-7,9H2,1H3,(H,17,20)(H,22,23)(H2,18,19,24,25). The van der Waals surface area contributed by atoms with Gasteiger partial charge in [-0.3, -0.25) is 20.1 Å². The number of carboxylic acids is 1. The first-order valence-corrected chi connectivity index (χ1v) is 8.57. The Balaban J connectivity index is 1.65. The van der Waals surface area contributed by atoms with Crippen LogP contribution in [0.15, 0.2) is 6.20 Å². The highest BCUT2D eigenvalue weighted by atomic mass is 16.4. The number of amides is 3. The average molecular weight is 349 g/mol. The monoisotopic (exact) mass is 349 g/mol. The third-order valence-corrected chi connectivity index (χ3v) is 5.22. The van der Waals surface area contributed by atoms with Gasteiger partial charge in [0.05, 0.1) is 6.20 Å². The molecule has 136 valence electrons. The highest BCUT2D eigenvalue weighted by Gasteiger charge is 2.51. The highest BCUT2D eigenvalue weighted by Crippen LogP contribution is 2.34. The Morgan fingerprint density at radius 1 is 1.40 bits per heavy atom. The summed E-state index contributed by atoms with van der Waals surface area (Å²) in [6.07, 6.45) is 4.52. The zero-order valence-corrected chi connectivity index (χ0v) is 14.2. The summed E-state index contributed by atoms with van der Waals surface area (Å²) in [5, 5.41) is 20.7. The molecule has 0 radical (unpaired) electrons. The molecule has 4 N–H and O–H groups in total.